The summed E-state index contributed by atoms with van der Waals surface area (Å²) in [5.41, 5.74) is -0.834. The first-order valence-electron chi connectivity index (χ1n) is 3.89. The summed E-state index contributed by atoms with van der Waals surface area (Å²) >= 11 is 0. The van der Waals surface area contributed by atoms with Gasteiger partial charge in [0.25, 0.3) is 0 Å². The number of ketones is 1. The van der Waals surface area contributed by atoms with E-state index < -0.39 is 28.8 Å². The van der Waals surface area contributed by atoms with E-state index in [0.29, 0.717) is 6.07 Å². The van der Waals surface area contributed by atoms with Crippen LogP contribution in [0.4, 0.5) is 13.2 Å². The van der Waals surface area contributed by atoms with E-state index >= 15 is 0 Å². The SMILES string of the molecule is CNCC(=O)c1c(F)ccc(F)c1F. The summed E-state index contributed by atoms with van der Waals surface area (Å²) < 4.78 is 38.6. The zero-order valence-corrected chi connectivity index (χ0v) is 7.40. The van der Waals surface area contributed by atoms with Crippen molar-refractivity contribution in [2.45, 2.75) is 0 Å². The molecule has 0 radical (unpaired) electrons. The second-order valence-electron chi connectivity index (χ2n) is 2.67. The molecular formula is C9H8F3NO. The Bertz CT molecular complexity index is 365. The highest BCUT2D eigenvalue weighted by Gasteiger charge is 2.19. The first kappa shape index (κ1) is 10.7. The van der Waals surface area contributed by atoms with Crippen LogP contribution in [0.25, 0.3) is 0 Å². The molecule has 0 bridgehead atoms. The molecule has 0 aliphatic rings. The zero-order valence-electron chi connectivity index (χ0n) is 7.40. The Balaban J connectivity index is 3.18. The fourth-order valence-electron chi connectivity index (χ4n) is 1.03. The molecule has 0 aliphatic carbocycles. The number of hydrogen-bond donors (Lipinski definition) is 1. The van der Waals surface area contributed by atoms with Crippen molar-refractivity contribution in [2.75, 3.05) is 13.6 Å². The minimum absolute atomic E-state index is 0.239. The van der Waals surface area contributed by atoms with Crippen molar-refractivity contribution in [3.05, 3.63) is 35.1 Å². The predicted octanol–water partition coefficient (Wildman–Crippen LogP) is 1.51. The quantitative estimate of drug-likeness (QED) is 0.596. The number of rotatable bonds is 3. The summed E-state index contributed by atoms with van der Waals surface area (Å²) in [6.07, 6.45) is 0. The van der Waals surface area contributed by atoms with Gasteiger partial charge in [-0.05, 0) is 19.2 Å². The predicted molar refractivity (Wildman–Crippen MR) is 44.6 cm³/mol. The molecule has 5 heteroatoms. The van der Waals surface area contributed by atoms with Gasteiger partial charge >= 0.3 is 0 Å². The molecule has 0 atom stereocenters. The highest BCUT2D eigenvalue weighted by atomic mass is 19.2. The smallest absolute Gasteiger partial charge is 0.182 e. The Morgan fingerprint density at radius 1 is 1.29 bits per heavy atom. The first-order valence-corrected chi connectivity index (χ1v) is 3.89. The van der Waals surface area contributed by atoms with Crippen molar-refractivity contribution >= 4 is 5.78 Å². The van der Waals surface area contributed by atoms with Crippen LogP contribution < -0.4 is 5.32 Å². The molecule has 0 aliphatic heterocycles. The number of benzene rings is 1. The number of Topliss-reactive ketones (excluding diaryl/α,β-unsaturated/α-hetero) is 1. The van der Waals surface area contributed by atoms with E-state index in [1.807, 2.05) is 0 Å². The maximum Gasteiger partial charge on any atom is 0.182 e. The lowest BCUT2D eigenvalue weighted by molar-refractivity contribution is 0.0984. The molecule has 0 saturated heterocycles. The molecule has 0 saturated carbocycles. The topological polar surface area (TPSA) is 29.1 Å². The van der Waals surface area contributed by atoms with Gasteiger partial charge in [0.15, 0.2) is 17.4 Å². The Morgan fingerprint density at radius 2 is 1.86 bits per heavy atom. The van der Waals surface area contributed by atoms with Gasteiger partial charge in [-0.25, -0.2) is 13.2 Å². The molecule has 0 aromatic heterocycles. The fraction of sp³-hybridized carbons (Fsp3) is 0.222. The summed E-state index contributed by atoms with van der Waals surface area (Å²) in [4.78, 5) is 11.1. The van der Waals surface area contributed by atoms with Crippen LogP contribution in [-0.2, 0) is 0 Å². The number of hydrogen-bond acceptors (Lipinski definition) is 2. The van der Waals surface area contributed by atoms with Gasteiger partial charge in [0.05, 0.1) is 12.1 Å². The van der Waals surface area contributed by atoms with E-state index in [1.54, 1.807) is 0 Å². The zero-order chi connectivity index (χ0) is 10.7. The van der Waals surface area contributed by atoms with Crippen molar-refractivity contribution in [2.24, 2.45) is 0 Å². The second kappa shape index (κ2) is 4.23. The number of halogens is 3. The van der Waals surface area contributed by atoms with Crippen molar-refractivity contribution in [1.29, 1.82) is 0 Å². The van der Waals surface area contributed by atoms with Gasteiger partial charge in [0, 0.05) is 0 Å². The minimum Gasteiger partial charge on any atom is -0.313 e. The lowest BCUT2D eigenvalue weighted by atomic mass is 10.1. The van der Waals surface area contributed by atoms with E-state index in [2.05, 4.69) is 5.32 Å². The first-order chi connectivity index (χ1) is 6.57. The van der Waals surface area contributed by atoms with Gasteiger partial charge in [-0.15, -0.1) is 0 Å². The number of carbonyl (C=O) groups excluding carboxylic acids is 1. The molecular weight excluding hydrogens is 195 g/mol. The highest BCUT2D eigenvalue weighted by Crippen LogP contribution is 2.15. The number of nitrogens with one attached hydrogen (secondary N) is 1. The highest BCUT2D eigenvalue weighted by molar-refractivity contribution is 5.98. The van der Waals surface area contributed by atoms with Crippen LogP contribution in [0.1, 0.15) is 10.4 Å². The molecule has 2 nitrogen and oxygen atoms in total. The number of carbonyl (C=O) groups is 1. The van der Waals surface area contributed by atoms with Gasteiger partial charge in [0.2, 0.25) is 0 Å². The van der Waals surface area contributed by atoms with Gasteiger partial charge in [-0.3, -0.25) is 4.79 Å². The van der Waals surface area contributed by atoms with E-state index in [-0.39, 0.29) is 6.54 Å². The molecule has 0 spiro atoms. The van der Waals surface area contributed by atoms with Crippen molar-refractivity contribution in [3.8, 4) is 0 Å². The monoisotopic (exact) mass is 203 g/mol. The molecule has 1 rings (SSSR count). The third-order valence-electron chi connectivity index (χ3n) is 1.66. The lowest BCUT2D eigenvalue weighted by Crippen LogP contribution is -2.21. The van der Waals surface area contributed by atoms with Gasteiger partial charge < -0.3 is 5.32 Å². The van der Waals surface area contributed by atoms with Gasteiger partial charge in [-0.1, -0.05) is 0 Å². The molecule has 1 aromatic carbocycles. The average Bonchev–Trinajstić information content (AvgIpc) is 2.13. The second-order valence-corrected chi connectivity index (χ2v) is 2.67. The van der Waals surface area contributed by atoms with Crippen molar-refractivity contribution < 1.29 is 18.0 Å². The standard InChI is InChI=1S/C9H8F3NO/c1-13-4-7(14)8-5(10)2-3-6(11)9(8)12/h2-3,13H,4H2,1H3. The van der Waals surface area contributed by atoms with Crippen LogP contribution in [0.3, 0.4) is 0 Å². The van der Waals surface area contributed by atoms with Gasteiger partial charge in [-0.2, -0.15) is 0 Å². The molecule has 0 unspecified atom stereocenters. The number of likely N-dealkylation sites (N-methyl/N-ethyl adjacent to an activating group) is 1. The largest absolute Gasteiger partial charge is 0.313 e. The third kappa shape index (κ3) is 1.93. The summed E-state index contributed by atoms with van der Waals surface area (Å²) in [5.74, 6) is -4.54. The molecule has 0 fully saturated rings. The van der Waals surface area contributed by atoms with Crippen molar-refractivity contribution in [3.63, 3.8) is 0 Å². The lowest BCUT2D eigenvalue weighted by Gasteiger charge is -2.03. The van der Waals surface area contributed by atoms with E-state index in [1.165, 1.54) is 7.05 Å². The normalized spacial score (nSPS) is 10.3. The molecule has 0 heterocycles. The molecule has 1 aromatic rings. The maximum absolute atomic E-state index is 13.0. The summed E-state index contributed by atoms with van der Waals surface area (Å²) in [6.45, 7) is -0.239. The fourth-order valence-corrected chi connectivity index (χ4v) is 1.03. The molecule has 1 N–H and O–H groups in total. The molecule has 14 heavy (non-hydrogen) atoms. The Labute approximate surface area is 78.7 Å². The van der Waals surface area contributed by atoms with E-state index in [9.17, 15) is 18.0 Å². The van der Waals surface area contributed by atoms with Crippen LogP contribution in [0.5, 0.6) is 0 Å². The van der Waals surface area contributed by atoms with E-state index in [0.717, 1.165) is 6.07 Å². The molecule has 0 amide bonds. The van der Waals surface area contributed by atoms with Crippen molar-refractivity contribution in [1.82, 2.24) is 5.32 Å². The van der Waals surface area contributed by atoms with Crippen LogP contribution >= 0.6 is 0 Å². The third-order valence-corrected chi connectivity index (χ3v) is 1.66. The van der Waals surface area contributed by atoms with E-state index in [4.69, 9.17) is 0 Å². The average molecular weight is 203 g/mol. The summed E-state index contributed by atoms with van der Waals surface area (Å²) in [6, 6.07) is 1.36. The van der Waals surface area contributed by atoms with Gasteiger partial charge in [0.1, 0.15) is 5.82 Å². The van der Waals surface area contributed by atoms with Crippen LogP contribution in [-0.4, -0.2) is 19.4 Å². The Morgan fingerprint density at radius 3 is 2.43 bits per heavy atom. The Hall–Kier alpha value is -1.36. The Kier molecular flexibility index (Phi) is 3.24. The van der Waals surface area contributed by atoms with Crippen LogP contribution in [0.2, 0.25) is 0 Å². The minimum atomic E-state index is -1.44. The summed E-state index contributed by atoms with van der Waals surface area (Å²) in [5, 5.41) is 2.43. The summed E-state index contributed by atoms with van der Waals surface area (Å²) in [7, 11) is 1.45. The molecule has 76 valence electrons. The van der Waals surface area contributed by atoms with Crippen LogP contribution in [0.15, 0.2) is 12.1 Å². The van der Waals surface area contributed by atoms with Crippen LogP contribution in [0, 0.1) is 17.5 Å². The maximum atomic E-state index is 13.0.